The van der Waals surface area contributed by atoms with Crippen molar-refractivity contribution in [1.82, 2.24) is 0 Å². The molecule has 22 heavy (non-hydrogen) atoms. The van der Waals surface area contributed by atoms with Crippen molar-refractivity contribution in [3.8, 4) is 0 Å². The van der Waals surface area contributed by atoms with Crippen LogP contribution in [0.15, 0.2) is 36.4 Å². The average Bonchev–Trinajstić information content (AvgIpc) is 2.90. The minimum absolute atomic E-state index is 0.322. The Hall–Kier alpha value is -2.14. The topological polar surface area (TPSA) is 55.8 Å². The maximum Gasteiger partial charge on any atom is 0.421 e. The second kappa shape index (κ2) is 4.68. The quantitative estimate of drug-likeness (QED) is 0.691. The zero-order valence-corrected chi connectivity index (χ0v) is 13.0. The van der Waals surface area contributed by atoms with Gasteiger partial charge in [0.25, 0.3) is 5.91 Å². The molecule has 0 aliphatic carbocycles. The predicted molar refractivity (Wildman–Crippen MR) is 81.5 cm³/mol. The first-order chi connectivity index (χ1) is 10.2. The molecule has 0 N–H and O–H groups in total. The highest BCUT2D eigenvalue weighted by molar-refractivity contribution is 6.20. The van der Waals surface area contributed by atoms with Crippen molar-refractivity contribution in [2.24, 2.45) is 0 Å². The monoisotopic (exact) mass is 301 g/mol. The fourth-order valence-corrected chi connectivity index (χ4v) is 2.89. The number of benzene rings is 1. The summed E-state index contributed by atoms with van der Waals surface area (Å²) in [6.45, 7) is 9.51. The van der Waals surface area contributed by atoms with Crippen LogP contribution in [-0.2, 0) is 19.9 Å². The van der Waals surface area contributed by atoms with E-state index in [1.54, 1.807) is 32.9 Å². The molecule has 0 bridgehead atoms. The first kappa shape index (κ1) is 14.8. The number of ether oxygens (including phenoxy) is 2. The van der Waals surface area contributed by atoms with Crippen molar-refractivity contribution < 1.29 is 19.1 Å². The minimum Gasteiger partial charge on any atom is -0.443 e. The van der Waals surface area contributed by atoms with Gasteiger partial charge in [0.05, 0.1) is 12.3 Å². The van der Waals surface area contributed by atoms with Gasteiger partial charge in [0.2, 0.25) is 0 Å². The maximum absolute atomic E-state index is 12.9. The second-order valence-electron chi connectivity index (χ2n) is 6.68. The molecule has 2 aliphatic heterocycles. The standard InChI is InChI=1S/C17H19NO4/c1-11-9-17(21-10-11)12-7-5-6-8-13(12)18(14(17)19)15(20)22-16(2,3)4/h5-8H,1,9-10H2,2-4H3/t17-/m1/s1. The first-order valence-electron chi connectivity index (χ1n) is 7.22. The minimum atomic E-state index is -1.13. The third-order valence-electron chi connectivity index (χ3n) is 3.73. The number of carbonyl (C=O) groups excluding carboxylic acids is 2. The Bertz CT molecular complexity index is 673. The fourth-order valence-electron chi connectivity index (χ4n) is 2.89. The SMILES string of the molecule is C=C1CO[C@@]2(C1)C(=O)N(C(=O)OC(C)(C)C)c1ccccc12. The number of rotatable bonds is 0. The number of para-hydroxylation sites is 1. The Morgan fingerprint density at radius 1 is 1.36 bits per heavy atom. The van der Waals surface area contributed by atoms with Crippen LogP contribution in [0.2, 0.25) is 0 Å². The predicted octanol–water partition coefficient (Wildman–Crippen LogP) is 3.14. The molecule has 0 radical (unpaired) electrons. The van der Waals surface area contributed by atoms with Crippen LogP contribution >= 0.6 is 0 Å². The summed E-state index contributed by atoms with van der Waals surface area (Å²) in [5.74, 6) is -0.401. The molecule has 2 heterocycles. The van der Waals surface area contributed by atoms with Gasteiger partial charge in [-0.1, -0.05) is 24.8 Å². The van der Waals surface area contributed by atoms with Gasteiger partial charge in [0.15, 0.2) is 5.60 Å². The highest BCUT2D eigenvalue weighted by atomic mass is 16.6. The van der Waals surface area contributed by atoms with Gasteiger partial charge < -0.3 is 9.47 Å². The molecule has 2 amide bonds. The average molecular weight is 301 g/mol. The van der Waals surface area contributed by atoms with Crippen molar-refractivity contribution >= 4 is 17.7 Å². The molecular formula is C17H19NO4. The smallest absolute Gasteiger partial charge is 0.421 e. The zero-order valence-electron chi connectivity index (χ0n) is 13.0. The first-order valence-corrected chi connectivity index (χ1v) is 7.22. The van der Waals surface area contributed by atoms with Crippen LogP contribution < -0.4 is 4.90 Å². The molecular weight excluding hydrogens is 282 g/mol. The summed E-state index contributed by atoms with van der Waals surface area (Å²) in [6, 6.07) is 7.16. The van der Waals surface area contributed by atoms with E-state index in [1.807, 2.05) is 12.1 Å². The lowest BCUT2D eigenvalue weighted by atomic mass is 9.91. The Labute approximate surface area is 129 Å². The molecule has 1 aromatic carbocycles. The highest BCUT2D eigenvalue weighted by Crippen LogP contribution is 2.49. The van der Waals surface area contributed by atoms with Crippen molar-refractivity contribution in [3.63, 3.8) is 0 Å². The van der Waals surface area contributed by atoms with Crippen LogP contribution in [0, 0.1) is 0 Å². The van der Waals surface area contributed by atoms with Crippen LogP contribution in [0.5, 0.6) is 0 Å². The molecule has 1 fully saturated rings. The van der Waals surface area contributed by atoms with Crippen molar-refractivity contribution in [2.75, 3.05) is 11.5 Å². The summed E-state index contributed by atoms with van der Waals surface area (Å²) in [5.41, 5.74) is 0.252. The number of nitrogens with zero attached hydrogens (tertiary/aromatic N) is 1. The van der Waals surface area contributed by atoms with E-state index >= 15 is 0 Å². The number of fused-ring (bicyclic) bond motifs is 2. The van der Waals surface area contributed by atoms with E-state index in [0.29, 0.717) is 24.3 Å². The highest BCUT2D eigenvalue weighted by Gasteiger charge is 2.57. The summed E-state index contributed by atoms with van der Waals surface area (Å²) < 4.78 is 11.1. The number of hydrogen-bond acceptors (Lipinski definition) is 4. The third kappa shape index (κ3) is 2.13. The number of anilines is 1. The summed E-state index contributed by atoms with van der Waals surface area (Å²) in [6.07, 6.45) is -0.287. The molecule has 116 valence electrons. The Kier molecular flexibility index (Phi) is 3.14. The summed E-state index contributed by atoms with van der Waals surface area (Å²) in [4.78, 5) is 26.5. The molecule has 1 saturated heterocycles. The van der Waals surface area contributed by atoms with E-state index in [1.165, 1.54) is 0 Å². The van der Waals surface area contributed by atoms with E-state index in [4.69, 9.17) is 9.47 Å². The summed E-state index contributed by atoms with van der Waals surface area (Å²) in [5, 5.41) is 0. The number of hydrogen-bond donors (Lipinski definition) is 0. The molecule has 0 aromatic heterocycles. The van der Waals surface area contributed by atoms with Gasteiger partial charge >= 0.3 is 6.09 Å². The molecule has 1 atom stereocenters. The van der Waals surface area contributed by atoms with Gasteiger partial charge in [0, 0.05) is 12.0 Å². The van der Waals surface area contributed by atoms with E-state index in [-0.39, 0.29) is 0 Å². The van der Waals surface area contributed by atoms with Gasteiger partial charge in [0.1, 0.15) is 5.60 Å². The largest absolute Gasteiger partial charge is 0.443 e. The summed E-state index contributed by atoms with van der Waals surface area (Å²) in [7, 11) is 0. The van der Waals surface area contributed by atoms with Crippen LogP contribution in [0.25, 0.3) is 0 Å². The van der Waals surface area contributed by atoms with E-state index in [2.05, 4.69) is 6.58 Å². The number of carbonyl (C=O) groups is 2. The fraction of sp³-hybridized carbons (Fsp3) is 0.412. The van der Waals surface area contributed by atoms with Gasteiger partial charge in [-0.3, -0.25) is 4.79 Å². The van der Waals surface area contributed by atoms with Gasteiger partial charge in [-0.05, 0) is 32.4 Å². The Balaban J connectivity index is 2.05. The van der Waals surface area contributed by atoms with E-state index < -0.39 is 23.2 Å². The van der Waals surface area contributed by atoms with Gasteiger partial charge in [-0.2, -0.15) is 0 Å². The Morgan fingerprint density at radius 3 is 2.64 bits per heavy atom. The van der Waals surface area contributed by atoms with Crippen LogP contribution in [0.1, 0.15) is 32.8 Å². The number of imide groups is 1. The molecule has 1 aromatic rings. The molecule has 0 unspecified atom stereocenters. The summed E-state index contributed by atoms with van der Waals surface area (Å²) >= 11 is 0. The molecule has 3 rings (SSSR count). The van der Waals surface area contributed by atoms with Crippen LogP contribution in [-0.4, -0.2) is 24.2 Å². The van der Waals surface area contributed by atoms with Crippen molar-refractivity contribution in [2.45, 2.75) is 38.4 Å². The van der Waals surface area contributed by atoms with E-state index in [0.717, 1.165) is 10.5 Å². The molecule has 5 heteroatoms. The van der Waals surface area contributed by atoms with Crippen LogP contribution in [0.3, 0.4) is 0 Å². The molecule has 0 saturated carbocycles. The molecule has 1 spiro atoms. The molecule has 2 aliphatic rings. The maximum atomic E-state index is 12.9. The third-order valence-corrected chi connectivity index (χ3v) is 3.73. The van der Waals surface area contributed by atoms with Crippen LogP contribution in [0.4, 0.5) is 10.5 Å². The van der Waals surface area contributed by atoms with Gasteiger partial charge in [-0.25, -0.2) is 9.69 Å². The lowest BCUT2D eigenvalue weighted by Crippen LogP contribution is -2.45. The number of amides is 2. The van der Waals surface area contributed by atoms with E-state index in [9.17, 15) is 9.59 Å². The van der Waals surface area contributed by atoms with Crippen molar-refractivity contribution in [3.05, 3.63) is 42.0 Å². The second-order valence-corrected chi connectivity index (χ2v) is 6.68. The molecule has 5 nitrogen and oxygen atoms in total. The lowest BCUT2D eigenvalue weighted by Gasteiger charge is -2.25. The zero-order chi connectivity index (χ0) is 16.1. The van der Waals surface area contributed by atoms with Crippen molar-refractivity contribution in [1.29, 1.82) is 0 Å². The normalized spacial score (nSPS) is 24.0. The lowest BCUT2D eigenvalue weighted by molar-refractivity contribution is -0.137. The van der Waals surface area contributed by atoms with Gasteiger partial charge in [-0.15, -0.1) is 0 Å². The Morgan fingerprint density at radius 2 is 2.05 bits per heavy atom.